The van der Waals surface area contributed by atoms with Crippen molar-refractivity contribution in [2.45, 2.75) is 6.61 Å². The normalized spacial score (nSPS) is 10.4. The maximum atomic E-state index is 12.4. The number of carbonyl (C=O) groups excluding carboxylic acids is 2. The fraction of sp³-hybridized carbons (Fsp3) is 0.238. The van der Waals surface area contributed by atoms with Crippen LogP contribution in [0.15, 0.2) is 40.8 Å². The lowest BCUT2D eigenvalue weighted by Crippen LogP contribution is -2.30. The third kappa shape index (κ3) is 5.46. The van der Waals surface area contributed by atoms with Crippen LogP contribution in [0.2, 0.25) is 5.02 Å². The van der Waals surface area contributed by atoms with E-state index < -0.39 is 11.9 Å². The predicted octanol–water partition coefficient (Wildman–Crippen LogP) is 2.89. The highest BCUT2D eigenvalue weighted by Crippen LogP contribution is 2.38. The summed E-state index contributed by atoms with van der Waals surface area (Å²) in [6.45, 7) is -0.604. The summed E-state index contributed by atoms with van der Waals surface area (Å²) in [5, 5.41) is 10.8. The second-order valence-corrected chi connectivity index (χ2v) is 6.70. The van der Waals surface area contributed by atoms with E-state index in [1.54, 1.807) is 24.3 Å². The molecule has 1 aromatic heterocycles. The molecule has 3 aromatic rings. The first-order valence-electron chi connectivity index (χ1n) is 9.27. The van der Waals surface area contributed by atoms with Crippen LogP contribution < -0.4 is 19.5 Å². The van der Waals surface area contributed by atoms with Gasteiger partial charge in [0.25, 0.3) is 11.8 Å². The molecule has 0 saturated heterocycles. The Morgan fingerprint density at radius 3 is 2.25 bits per heavy atom. The number of rotatable bonds is 9. The maximum Gasteiger partial charge on any atom is 0.325 e. The van der Waals surface area contributed by atoms with Gasteiger partial charge in [-0.15, -0.1) is 10.2 Å². The summed E-state index contributed by atoms with van der Waals surface area (Å²) in [5.74, 6) is 0.145. The molecule has 3 rings (SSSR count). The van der Waals surface area contributed by atoms with E-state index in [4.69, 9.17) is 35.0 Å². The fourth-order valence-electron chi connectivity index (χ4n) is 2.68. The van der Waals surface area contributed by atoms with Crippen molar-refractivity contribution < 1.29 is 33.0 Å². The van der Waals surface area contributed by atoms with Crippen LogP contribution in [-0.4, -0.2) is 49.9 Å². The number of nitrogens with zero attached hydrogens (tertiary/aromatic N) is 2. The summed E-state index contributed by atoms with van der Waals surface area (Å²) in [5.41, 5.74) is 0.897. The number of hydrogen-bond donors (Lipinski definition) is 1. The maximum absolute atomic E-state index is 12.4. The molecule has 0 bridgehead atoms. The number of esters is 1. The third-order valence-corrected chi connectivity index (χ3v) is 4.49. The van der Waals surface area contributed by atoms with Gasteiger partial charge in [0, 0.05) is 16.1 Å². The molecule has 0 unspecified atom stereocenters. The molecule has 0 aliphatic heterocycles. The van der Waals surface area contributed by atoms with Crippen LogP contribution >= 0.6 is 11.6 Å². The highest BCUT2D eigenvalue weighted by molar-refractivity contribution is 6.30. The second-order valence-electron chi connectivity index (χ2n) is 6.27. The number of nitrogens with one attached hydrogen (secondary N) is 1. The highest BCUT2D eigenvalue weighted by atomic mass is 35.5. The molecule has 1 N–H and O–H groups in total. The van der Waals surface area contributed by atoms with E-state index in [2.05, 4.69) is 15.5 Å². The molecular formula is C21H20ClN3O7. The SMILES string of the molecule is COc1cc(C(=O)NCC(=O)OCc2nnc(-c3ccc(Cl)cc3)o2)cc(OC)c1OC. The van der Waals surface area contributed by atoms with Gasteiger partial charge in [-0.25, -0.2) is 0 Å². The highest BCUT2D eigenvalue weighted by Gasteiger charge is 2.18. The predicted molar refractivity (Wildman–Crippen MR) is 113 cm³/mol. The summed E-state index contributed by atoms with van der Waals surface area (Å²) in [6, 6.07) is 9.78. The first-order valence-corrected chi connectivity index (χ1v) is 9.65. The van der Waals surface area contributed by atoms with Crippen molar-refractivity contribution in [1.29, 1.82) is 0 Å². The Morgan fingerprint density at radius 1 is 1.00 bits per heavy atom. The van der Waals surface area contributed by atoms with Crippen LogP contribution in [0.4, 0.5) is 0 Å². The summed E-state index contributed by atoms with van der Waals surface area (Å²) in [7, 11) is 4.33. The zero-order valence-corrected chi connectivity index (χ0v) is 18.3. The molecule has 0 radical (unpaired) electrons. The lowest BCUT2D eigenvalue weighted by molar-refractivity contribution is -0.144. The minimum absolute atomic E-state index is 0.110. The van der Waals surface area contributed by atoms with E-state index in [-0.39, 0.29) is 30.5 Å². The summed E-state index contributed by atoms with van der Waals surface area (Å²) < 4.78 is 26.2. The average Bonchev–Trinajstić information content (AvgIpc) is 3.29. The molecule has 2 aromatic carbocycles. The summed E-state index contributed by atoms with van der Waals surface area (Å²) >= 11 is 5.85. The Morgan fingerprint density at radius 2 is 1.66 bits per heavy atom. The van der Waals surface area contributed by atoms with Crippen molar-refractivity contribution in [3.8, 4) is 28.7 Å². The van der Waals surface area contributed by atoms with Crippen LogP contribution in [0.3, 0.4) is 0 Å². The molecule has 32 heavy (non-hydrogen) atoms. The quantitative estimate of drug-likeness (QED) is 0.479. The van der Waals surface area contributed by atoms with Crippen molar-refractivity contribution in [1.82, 2.24) is 15.5 Å². The van der Waals surface area contributed by atoms with Crippen molar-refractivity contribution in [3.05, 3.63) is 52.9 Å². The smallest absolute Gasteiger partial charge is 0.325 e. The van der Waals surface area contributed by atoms with Crippen LogP contribution in [-0.2, 0) is 16.1 Å². The molecule has 0 fully saturated rings. The zero-order valence-electron chi connectivity index (χ0n) is 17.5. The number of methoxy groups -OCH3 is 3. The van der Waals surface area contributed by atoms with Crippen molar-refractivity contribution in [2.75, 3.05) is 27.9 Å². The minimum atomic E-state index is -0.683. The van der Waals surface area contributed by atoms with E-state index in [1.165, 1.54) is 33.5 Å². The standard InChI is InChI=1S/C21H20ClN3O7/c1-28-15-8-13(9-16(29-2)19(15)30-3)20(27)23-10-18(26)31-11-17-24-25-21(32-17)12-4-6-14(22)7-5-12/h4-9H,10-11H2,1-3H3,(H,23,27). The van der Waals surface area contributed by atoms with Crippen LogP contribution in [0, 0.1) is 0 Å². The molecule has 0 saturated carbocycles. The number of aromatic nitrogens is 2. The molecular weight excluding hydrogens is 442 g/mol. The molecule has 0 spiro atoms. The average molecular weight is 462 g/mol. The van der Waals surface area contributed by atoms with E-state index in [0.29, 0.717) is 27.8 Å². The van der Waals surface area contributed by atoms with Gasteiger partial charge in [-0.05, 0) is 36.4 Å². The van der Waals surface area contributed by atoms with Gasteiger partial charge in [0.15, 0.2) is 18.1 Å². The molecule has 0 aliphatic carbocycles. The molecule has 1 heterocycles. The summed E-state index contributed by atoms with van der Waals surface area (Å²) in [4.78, 5) is 24.4. The Balaban J connectivity index is 1.54. The Hall–Kier alpha value is -3.79. The molecule has 1 amide bonds. The van der Waals surface area contributed by atoms with Crippen molar-refractivity contribution in [3.63, 3.8) is 0 Å². The van der Waals surface area contributed by atoms with E-state index >= 15 is 0 Å². The van der Waals surface area contributed by atoms with Crippen LogP contribution in [0.1, 0.15) is 16.2 Å². The van der Waals surface area contributed by atoms with Crippen LogP contribution in [0.25, 0.3) is 11.5 Å². The molecule has 0 aliphatic rings. The molecule has 168 valence electrons. The number of carbonyl (C=O) groups is 2. The lowest BCUT2D eigenvalue weighted by Gasteiger charge is -2.14. The monoisotopic (exact) mass is 461 g/mol. The number of amides is 1. The summed E-state index contributed by atoms with van der Waals surface area (Å²) in [6.07, 6.45) is 0. The third-order valence-electron chi connectivity index (χ3n) is 4.23. The van der Waals surface area contributed by atoms with Gasteiger partial charge < -0.3 is 28.7 Å². The molecule has 0 atom stereocenters. The van der Waals surface area contributed by atoms with E-state index in [1.807, 2.05) is 0 Å². The van der Waals surface area contributed by atoms with E-state index in [9.17, 15) is 9.59 Å². The minimum Gasteiger partial charge on any atom is -0.493 e. The number of halogens is 1. The second kappa shape index (κ2) is 10.5. The Labute approximate surface area is 188 Å². The van der Waals surface area contributed by atoms with Crippen LogP contribution in [0.5, 0.6) is 17.2 Å². The molecule has 11 heteroatoms. The first kappa shape index (κ1) is 22.9. The van der Waals surface area contributed by atoms with Gasteiger partial charge in [-0.1, -0.05) is 11.6 Å². The topological polar surface area (TPSA) is 122 Å². The van der Waals surface area contributed by atoms with Gasteiger partial charge in [0.1, 0.15) is 6.54 Å². The van der Waals surface area contributed by atoms with Crippen molar-refractivity contribution in [2.24, 2.45) is 0 Å². The zero-order chi connectivity index (χ0) is 23.1. The first-order chi connectivity index (χ1) is 15.4. The van der Waals surface area contributed by atoms with Gasteiger partial charge >= 0.3 is 5.97 Å². The lowest BCUT2D eigenvalue weighted by atomic mass is 10.1. The van der Waals surface area contributed by atoms with Gasteiger partial charge in [-0.3, -0.25) is 9.59 Å². The van der Waals surface area contributed by atoms with Gasteiger partial charge in [0.2, 0.25) is 11.6 Å². The molecule has 10 nitrogen and oxygen atoms in total. The number of benzene rings is 2. The Kier molecular flexibility index (Phi) is 7.50. The largest absolute Gasteiger partial charge is 0.493 e. The van der Waals surface area contributed by atoms with Gasteiger partial charge in [0.05, 0.1) is 21.3 Å². The van der Waals surface area contributed by atoms with Crippen molar-refractivity contribution >= 4 is 23.5 Å². The number of hydrogen-bond acceptors (Lipinski definition) is 9. The number of ether oxygens (including phenoxy) is 4. The van der Waals surface area contributed by atoms with E-state index in [0.717, 1.165) is 0 Å². The van der Waals surface area contributed by atoms with Gasteiger partial charge in [-0.2, -0.15) is 0 Å². The Bertz CT molecular complexity index is 1070. The fourth-order valence-corrected chi connectivity index (χ4v) is 2.81.